The van der Waals surface area contributed by atoms with Gasteiger partial charge in [0.1, 0.15) is 0 Å². The minimum atomic E-state index is -0.192. The van der Waals surface area contributed by atoms with Gasteiger partial charge < -0.3 is 5.32 Å². The van der Waals surface area contributed by atoms with Gasteiger partial charge in [0.2, 0.25) is 0 Å². The van der Waals surface area contributed by atoms with Gasteiger partial charge in [-0.05, 0) is 36.6 Å². The lowest BCUT2D eigenvalue weighted by atomic mass is 10.3. The summed E-state index contributed by atoms with van der Waals surface area (Å²) in [4.78, 5) is 13.0. The fraction of sp³-hybridized carbons (Fsp3) is 0.167. The van der Waals surface area contributed by atoms with Crippen molar-refractivity contribution in [3.05, 3.63) is 42.2 Å². The molecule has 88 valence electrons. The smallest absolute Gasteiger partial charge is 0.276 e. The number of rotatable bonds is 3. The zero-order valence-corrected chi connectivity index (χ0v) is 10.5. The highest BCUT2D eigenvalue weighted by molar-refractivity contribution is 7.98. The Hall–Kier alpha value is -1.75. The molecule has 1 N–H and O–H groups in total. The average Bonchev–Trinajstić information content (AvgIpc) is 2.77. The maximum Gasteiger partial charge on any atom is 0.276 e. The second-order valence-corrected chi connectivity index (χ2v) is 4.44. The Bertz CT molecular complexity index is 519. The number of benzene rings is 1. The van der Waals surface area contributed by atoms with Crippen molar-refractivity contribution in [2.45, 2.75) is 4.90 Å². The van der Waals surface area contributed by atoms with Crippen molar-refractivity contribution in [3.63, 3.8) is 0 Å². The van der Waals surface area contributed by atoms with Crippen LogP contribution in [-0.2, 0) is 7.05 Å². The summed E-state index contributed by atoms with van der Waals surface area (Å²) < 4.78 is 1.60. The van der Waals surface area contributed by atoms with Crippen molar-refractivity contribution < 1.29 is 4.79 Å². The van der Waals surface area contributed by atoms with Gasteiger partial charge in [-0.15, -0.1) is 11.8 Å². The predicted molar refractivity (Wildman–Crippen MR) is 69.4 cm³/mol. The van der Waals surface area contributed by atoms with Crippen LogP contribution in [0.5, 0.6) is 0 Å². The van der Waals surface area contributed by atoms with E-state index in [4.69, 9.17) is 0 Å². The SMILES string of the molecule is CSc1ccc(NC(=O)c2ccn(C)n2)cc1. The number of carbonyl (C=O) groups is 1. The van der Waals surface area contributed by atoms with Crippen LogP contribution in [0.1, 0.15) is 10.5 Å². The molecule has 1 aromatic carbocycles. The van der Waals surface area contributed by atoms with Gasteiger partial charge >= 0.3 is 0 Å². The Balaban J connectivity index is 2.07. The van der Waals surface area contributed by atoms with E-state index in [2.05, 4.69) is 10.4 Å². The van der Waals surface area contributed by atoms with Crippen molar-refractivity contribution in [2.75, 3.05) is 11.6 Å². The largest absolute Gasteiger partial charge is 0.321 e. The molecule has 2 rings (SSSR count). The first-order valence-electron chi connectivity index (χ1n) is 5.14. The Morgan fingerprint density at radius 3 is 2.53 bits per heavy atom. The van der Waals surface area contributed by atoms with Gasteiger partial charge in [-0.3, -0.25) is 9.48 Å². The molecule has 5 heteroatoms. The monoisotopic (exact) mass is 247 g/mol. The maximum absolute atomic E-state index is 11.8. The number of hydrogen-bond acceptors (Lipinski definition) is 3. The zero-order valence-electron chi connectivity index (χ0n) is 9.68. The Kier molecular flexibility index (Phi) is 3.49. The van der Waals surface area contributed by atoms with Crippen molar-refractivity contribution in [1.29, 1.82) is 0 Å². The van der Waals surface area contributed by atoms with E-state index in [0.717, 1.165) is 5.69 Å². The Morgan fingerprint density at radius 2 is 2.00 bits per heavy atom. The summed E-state index contributed by atoms with van der Waals surface area (Å²) in [6.45, 7) is 0. The summed E-state index contributed by atoms with van der Waals surface area (Å²) in [6, 6.07) is 9.39. The van der Waals surface area contributed by atoms with Gasteiger partial charge in [0, 0.05) is 23.8 Å². The number of aryl methyl sites for hydroxylation is 1. The minimum absolute atomic E-state index is 0.192. The molecule has 4 nitrogen and oxygen atoms in total. The summed E-state index contributed by atoms with van der Waals surface area (Å²) in [5, 5.41) is 6.84. The average molecular weight is 247 g/mol. The molecule has 0 bridgehead atoms. The molecule has 1 heterocycles. The number of thioether (sulfide) groups is 1. The fourth-order valence-corrected chi connectivity index (χ4v) is 1.81. The van der Waals surface area contributed by atoms with Crippen LogP contribution < -0.4 is 5.32 Å². The number of aromatic nitrogens is 2. The van der Waals surface area contributed by atoms with Crippen molar-refractivity contribution in [3.8, 4) is 0 Å². The second kappa shape index (κ2) is 5.05. The highest BCUT2D eigenvalue weighted by atomic mass is 32.2. The van der Waals surface area contributed by atoms with Crippen molar-refractivity contribution >= 4 is 23.4 Å². The molecule has 17 heavy (non-hydrogen) atoms. The Labute approximate surface area is 104 Å². The fourth-order valence-electron chi connectivity index (χ4n) is 1.41. The first kappa shape index (κ1) is 11.7. The summed E-state index contributed by atoms with van der Waals surface area (Å²) in [7, 11) is 1.78. The van der Waals surface area contributed by atoms with Crippen LogP contribution in [0, 0.1) is 0 Å². The van der Waals surface area contributed by atoms with E-state index < -0.39 is 0 Å². The summed E-state index contributed by atoms with van der Waals surface area (Å²) in [5.74, 6) is -0.192. The number of amides is 1. The summed E-state index contributed by atoms with van der Waals surface area (Å²) in [6.07, 6.45) is 3.76. The van der Waals surface area contributed by atoms with E-state index in [1.807, 2.05) is 30.5 Å². The molecule has 0 saturated heterocycles. The van der Waals surface area contributed by atoms with Gasteiger partial charge in [0.15, 0.2) is 5.69 Å². The third kappa shape index (κ3) is 2.88. The maximum atomic E-state index is 11.8. The third-order valence-corrected chi connectivity index (χ3v) is 3.04. The van der Waals surface area contributed by atoms with Crippen LogP contribution >= 0.6 is 11.8 Å². The first-order chi connectivity index (χ1) is 8.19. The molecule has 2 aromatic rings. The molecule has 1 amide bonds. The number of nitrogens with one attached hydrogen (secondary N) is 1. The van der Waals surface area contributed by atoms with Crippen LogP contribution in [0.15, 0.2) is 41.4 Å². The lowest BCUT2D eigenvalue weighted by Gasteiger charge is -2.03. The van der Waals surface area contributed by atoms with Gasteiger partial charge in [-0.2, -0.15) is 5.10 Å². The molecule has 0 aliphatic heterocycles. The normalized spacial score (nSPS) is 10.2. The standard InChI is InChI=1S/C12H13N3OS/c1-15-8-7-11(14-15)12(16)13-9-3-5-10(17-2)6-4-9/h3-8H,1-2H3,(H,13,16). The van der Waals surface area contributed by atoms with E-state index in [9.17, 15) is 4.79 Å². The summed E-state index contributed by atoms with van der Waals surface area (Å²) >= 11 is 1.67. The topological polar surface area (TPSA) is 46.9 Å². The predicted octanol–water partition coefficient (Wildman–Crippen LogP) is 2.39. The molecule has 0 fully saturated rings. The van der Waals surface area contributed by atoms with Crippen molar-refractivity contribution in [2.24, 2.45) is 7.05 Å². The van der Waals surface area contributed by atoms with Gasteiger partial charge in [0.25, 0.3) is 5.91 Å². The Morgan fingerprint density at radius 1 is 1.29 bits per heavy atom. The van der Waals surface area contributed by atoms with E-state index in [-0.39, 0.29) is 5.91 Å². The van der Waals surface area contributed by atoms with Crippen LogP contribution in [-0.4, -0.2) is 21.9 Å². The van der Waals surface area contributed by atoms with Gasteiger partial charge in [0.05, 0.1) is 0 Å². The summed E-state index contributed by atoms with van der Waals surface area (Å²) in [5.41, 5.74) is 1.19. The molecule has 0 unspecified atom stereocenters. The van der Waals surface area contributed by atoms with E-state index in [1.165, 1.54) is 4.90 Å². The molecule has 0 radical (unpaired) electrons. The molecule has 0 saturated carbocycles. The third-order valence-electron chi connectivity index (χ3n) is 2.29. The van der Waals surface area contributed by atoms with E-state index in [1.54, 1.807) is 35.8 Å². The van der Waals surface area contributed by atoms with Gasteiger partial charge in [-0.25, -0.2) is 0 Å². The molecular formula is C12H13N3OS. The van der Waals surface area contributed by atoms with Crippen LogP contribution in [0.3, 0.4) is 0 Å². The number of hydrogen-bond donors (Lipinski definition) is 1. The number of carbonyl (C=O) groups excluding carboxylic acids is 1. The minimum Gasteiger partial charge on any atom is -0.321 e. The zero-order chi connectivity index (χ0) is 12.3. The molecule has 0 aliphatic carbocycles. The quantitative estimate of drug-likeness (QED) is 0.847. The molecular weight excluding hydrogens is 234 g/mol. The molecule has 0 aliphatic rings. The number of anilines is 1. The highest BCUT2D eigenvalue weighted by Crippen LogP contribution is 2.17. The van der Waals surface area contributed by atoms with Crippen LogP contribution in [0.25, 0.3) is 0 Å². The van der Waals surface area contributed by atoms with Crippen molar-refractivity contribution in [1.82, 2.24) is 9.78 Å². The lowest BCUT2D eigenvalue weighted by Crippen LogP contribution is -2.12. The van der Waals surface area contributed by atoms with E-state index in [0.29, 0.717) is 5.69 Å². The van der Waals surface area contributed by atoms with E-state index >= 15 is 0 Å². The van der Waals surface area contributed by atoms with Crippen LogP contribution in [0.4, 0.5) is 5.69 Å². The highest BCUT2D eigenvalue weighted by Gasteiger charge is 2.08. The second-order valence-electron chi connectivity index (χ2n) is 3.56. The molecule has 0 atom stereocenters. The molecule has 0 spiro atoms. The van der Waals surface area contributed by atoms with Crippen LogP contribution in [0.2, 0.25) is 0 Å². The molecule has 1 aromatic heterocycles. The number of nitrogens with zero attached hydrogens (tertiary/aromatic N) is 2. The van der Waals surface area contributed by atoms with Gasteiger partial charge in [-0.1, -0.05) is 0 Å². The lowest BCUT2D eigenvalue weighted by molar-refractivity contribution is 0.102. The first-order valence-corrected chi connectivity index (χ1v) is 6.36.